The second kappa shape index (κ2) is 8.35. The summed E-state index contributed by atoms with van der Waals surface area (Å²) in [5.41, 5.74) is 3.36. The smallest absolute Gasteiger partial charge is 0.260 e. The lowest BCUT2D eigenvalue weighted by Gasteiger charge is -2.08. The third-order valence-electron chi connectivity index (χ3n) is 5.18. The molecule has 0 aliphatic heterocycles. The van der Waals surface area contributed by atoms with Crippen molar-refractivity contribution < 1.29 is 9.53 Å². The van der Waals surface area contributed by atoms with E-state index in [-0.39, 0.29) is 5.91 Å². The minimum Gasteiger partial charge on any atom is -0.496 e. The van der Waals surface area contributed by atoms with Gasteiger partial charge < -0.3 is 10.1 Å². The number of aromatic nitrogens is 3. The zero-order chi connectivity index (χ0) is 21.9. The largest absolute Gasteiger partial charge is 0.496 e. The van der Waals surface area contributed by atoms with E-state index < -0.39 is 0 Å². The molecule has 0 bridgehead atoms. The molecule has 1 N–H and O–H groups in total. The molecule has 0 atom stereocenters. The molecule has 5 aromatic rings. The summed E-state index contributed by atoms with van der Waals surface area (Å²) >= 11 is 0. The van der Waals surface area contributed by atoms with Crippen LogP contribution in [0.2, 0.25) is 0 Å². The molecule has 3 aromatic carbocycles. The lowest BCUT2D eigenvalue weighted by Crippen LogP contribution is -2.13. The Morgan fingerprint density at radius 3 is 2.47 bits per heavy atom. The van der Waals surface area contributed by atoms with Crippen molar-refractivity contribution >= 4 is 22.6 Å². The van der Waals surface area contributed by atoms with Crippen molar-refractivity contribution in [1.82, 2.24) is 14.8 Å². The molecular weight excluding hydrogens is 400 g/mol. The van der Waals surface area contributed by atoms with Crippen molar-refractivity contribution in [2.75, 3.05) is 12.4 Å². The summed E-state index contributed by atoms with van der Waals surface area (Å²) in [6, 6.07) is 28.7. The number of carbonyl (C=O) groups excluding carboxylic acids is 1. The summed E-state index contributed by atoms with van der Waals surface area (Å²) in [5, 5.41) is 8.66. The summed E-state index contributed by atoms with van der Waals surface area (Å²) in [6.07, 6.45) is 1.73. The van der Waals surface area contributed by atoms with Crippen molar-refractivity contribution in [3.05, 3.63) is 103 Å². The van der Waals surface area contributed by atoms with Gasteiger partial charge >= 0.3 is 0 Å². The zero-order valence-corrected chi connectivity index (χ0v) is 17.4. The molecule has 0 radical (unpaired) electrons. The number of benzene rings is 3. The molecule has 0 aliphatic rings. The van der Waals surface area contributed by atoms with Gasteiger partial charge in [0.1, 0.15) is 17.3 Å². The van der Waals surface area contributed by atoms with E-state index in [1.807, 2.05) is 84.9 Å². The van der Waals surface area contributed by atoms with Gasteiger partial charge in [0.05, 0.1) is 23.9 Å². The lowest BCUT2D eigenvalue weighted by atomic mass is 10.1. The van der Waals surface area contributed by atoms with Gasteiger partial charge in [-0.15, -0.1) is 0 Å². The molecule has 0 saturated heterocycles. The van der Waals surface area contributed by atoms with Crippen LogP contribution in [-0.4, -0.2) is 27.8 Å². The average molecular weight is 420 g/mol. The fraction of sp³-hybridized carbons (Fsp3) is 0.0385. The number of nitrogens with zero attached hydrogens (tertiary/aromatic N) is 3. The Bertz CT molecular complexity index is 1410. The highest BCUT2D eigenvalue weighted by Crippen LogP contribution is 2.32. The number of rotatable bonds is 5. The maximum atomic E-state index is 13.3. The Morgan fingerprint density at radius 2 is 1.62 bits per heavy atom. The number of amides is 1. The second-order valence-electron chi connectivity index (χ2n) is 7.22. The number of methoxy groups -OCH3 is 1. The number of hydrogen-bond acceptors (Lipinski definition) is 4. The molecule has 0 saturated carbocycles. The number of carbonyl (C=O) groups is 1. The van der Waals surface area contributed by atoms with E-state index in [1.165, 1.54) is 0 Å². The van der Waals surface area contributed by atoms with Crippen LogP contribution in [0, 0.1) is 0 Å². The first-order valence-corrected chi connectivity index (χ1v) is 10.2. The number of anilines is 1. The summed E-state index contributed by atoms with van der Waals surface area (Å²) in [6.45, 7) is 0. The molecule has 6 heteroatoms. The van der Waals surface area contributed by atoms with E-state index in [4.69, 9.17) is 9.84 Å². The third kappa shape index (κ3) is 3.70. The van der Waals surface area contributed by atoms with E-state index in [9.17, 15) is 4.79 Å². The van der Waals surface area contributed by atoms with E-state index in [0.29, 0.717) is 22.8 Å². The first-order valence-electron chi connectivity index (χ1n) is 10.2. The summed E-state index contributed by atoms with van der Waals surface area (Å²) in [4.78, 5) is 17.9. The van der Waals surface area contributed by atoms with Crippen LogP contribution in [0.5, 0.6) is 5.75 Å². The maximum absolute atomic E-state index is 13.3. The van der Waals surface area contributed by atoms with Crippen LogP contribution in [0.3, 0.4) is 0 Å². The van der Waals surface area contributed by atoms with Gasteiger partial charge in [-0.3, -0.25) is 4.79 Å². The van der Waals surface area contributed by atoms with Crippen molar-refractivity contribution in [2.45, 2.75) is 0 Å². The van der Waals surface area contributed by atoms with Gasteiger partial charge in [-0.05, 0) is 42.5 Å². The minimum atomic E-state index is -0.295. The van der Waals surface area contributed by atoms with Crippen LogP contribution in [0.25, 0.3) is 27.8 Å². The second-order valence-corrected chi connectivity index (χ2v) is 7.22. The molecule has 32 heavy (non-hydrogen) atoms. The third-order valence-corrected chi connectivity index (χ3v) is 5.18. The van der Waals surface area contributed by atoms with E-state index in [1.54, 1.807) is 24.1 Å². The Morgan fingerprint density at radius 1 is 0.875 bits per heavy atom. The molecule has 156 valence electrons. The highest BCUT2D eigenvalue weighted by atomic mass is 16.5. The SMILES string of the molecule is COc1ccccc1-c1nn(-c2ccccc2)cc1C(=O)Nc1ccc2ccccc2n1. The van der Waals surface area contributed by atoms with Gasteiger partial charge in [0.25, 0.3) is 5.91 Å². The standard InChI is InChI=1S/C26H20N4O2/c1-32-23-14-8-6-12-20(23)25-21(17-30(29-25)19-10-3-2-4-11-19)26(31)28-24-16-15-18-9-5-7-13-22(18)27-24/h2-17H,1H3,(H,27,28,31). The van der Waals surface area contributed by atoms with E-state index in [2.05, 4.69) is 10.3 Å². The normalized spacial score (nSPS) is 10.8. The summed E-state index contributed by atoms with van der Waals surface area (Å²) in [7, 11) is 1.60. The quantitative estimate of drug-likeness (QED) is 0.416. The molecule has 0 spiro atoms. The maximum Gasteiger partial charge on any atom is 0.260 e. The number of nitrogens with one attached hydrogen (secondary N) is 1. The van der Waals surface area contributed by atoms with Gasteiger partial charge in [0.15, 0.2) is 0 Å². The Hall–Kier alpha value is -4.45. The molecule has 2 aromatic heterocycles. The van der Waals surface area contributed by atoms with Crippen LogP contribution in [-0.2, 0) is 0 Å². The van der Waals surface area contributed by atoms with Gasteiger partial charge in [-0.1, -0.05) is 48.5 Å². The number of hydrogen-bond donors (Lipinski definition) is 1. The van der Waals surface area contributed by atoms with Crippen LogP contribution < -0.4 is 10.1 Å². The molecule has 0 unspecified atom stereocenters. The van der Waals surface area contributed by atoms with Crippen molar-refractivity contribution in [3.8, 4) is 22.7 Å². The molecule has 0 aliphatic carbocycles. The fourth-order valence-corrected chi connectivity index (χ4v) is 3.61. The Kier molecular flexibility index (Phi) is 5.09. The Labute approximate surface area is 185 Å². The van der Waals surface area contributed by atoms with E-state index in [0.717, 1.165) is 22.2 Å². The van der Waals surface area contributed by atoms with Crippen LogP contribution in [0.4, 0.5) is 5.82 Å². The van der Waals surface area contributed by atoms with Crippen LogP contribution in [0.1, 0.15) is 10.4 Å². The van der Waals surface area contributed by atoms with Crippen molar-refractivity contribution in [3.63, 3.8) is 0 Å². The molecule has 2 heterocycles. The average Bonchev–Trinajstić information content (AvgIpc) is 3.30. The monoisotopic (exact) mass is 420 g/mol. The predicted octanol–water partition coefficient (Wildman–Crippen LogP) is 5.35. The van der Waals surface area contributed by atoms with Crippen LogP contribution in [0.15, 0.2) is 97.2 Å². The number of pyridine rings is 1. The minimum absolute atomic E-state index is 0.295. The fourth-order valence-electron chi connectivity index (χ4n) is 3.61. The first kappa shape index (κ1) is 19.5. The van der Waals surface area contributed by atoms with Crippen LogP contribution >= 0.6 is 0 Å². The molecule has 6 nitrogen and oxygen atoms in total. The lowest BCUT2D eigenvalue weighted by molar-refractivity contribution is 0.102. The number of ether oxygens (including phenoxy) is 1. The summed E-state index contributed by atoms with van der Waals surface area (Å²) in [5.74, 6) is 0.826. The van der Waals surface area contributed by atoms with Crippen molar-refractivity contribution in [2.24, 2.45) is 0 Å². The van der Waals surface area contributed by atoms with Gasteiger partial charge in [0.2, 0.25) is 0 Å². The molecular formula is C26H20N4O2. The molecule has 5 rings (SSSR count). The van der Waals surface area contributed by atoms with E-state index >= 15 is 0 Å². The number of para-hydroxylation sites is 3. The molecule has 0 fully saturated rings. The predicted molar refractivity (Wildman–Crippen MR) is 125 cm³/mol. The highest BCUT2D eigenvalue weighted by Gasteiger charge is 2.21. The van der Waals surface area contributed by atoms with Crippen molar-refractivity contribution in [1.29, 1.82) is 0 Å². The highest BCUT2D eigenvalue weighted by molar-refractivity contribution is 6.08. The first-order chi connectivity index (χ1) is 15.7. The van der Waals surface area contributed by atoms with Gasteiger partial charge in [-0.25, -0.2) is 9.67 Å². The van der Waals surface area contributed by atoms with Gasteiger partial charge in [0, 0.05) is 17.1 Å². The topological polar surface area (TPSA) is 69.0 Å². The Balaban J connectivity index is 1.58. The zero-order valence-electron chi connectivity index (χ0n) is 17.4. The number of fused-ring (bicyclic) bond motifs is 1. The summed E-state index contributed by atoms with van der Waals surface area (Å²) < 4.78 is 7.22. The van der Waals surface area contributed by atoms with Gasteiger partial charge in [-0.2, -0.15) is 5.10 Å². The molecule has 1 amide bonds.